The van der Waals surface area contributed by atoms with E-state index < -0.39 is 11.1 Å². The summed E-state index contributed by atoms with van der Waals surface area (Å²) in [5.74, 6) is 0.936. The molecule has 1 unspecified atom stereocenters. The van der Waals surface area contributed by atoms with Gasteiger partial charge in [0.25, 0.3) is 0 Å². The molecule has 0 aliphatic rings. The molecule has 0 aromatic heterocycles. The fraction of sp³-hybridized carbons (Fsp3) is 0.250. The molecule has 72 valence electrons. The van der Waals surface area contributed by atoms with Crippen molar-refractivity contribution in [3.8, 4) is 11.5 Å². The van der Waals surface area contributed by atoms with Crippen LogP contribution in [0, 0.1) is 0 Å². The Morgan fingerprint density at radius 1 is 1.29 bits per heavy atom. The average molecular weight is 225 g/mol. The van der Waals surface area contributed by atoms with E-state index in [0.717, 1.165) is 0 Å². The van der Waals surface area contributed by atoms with Gasteiger partial charge in [0.05, 0.1) is 14.2 Å². The first-order chi connectivity index (χ1) is 6.19. The second-order valence-electron chi connectivity index (χ2n) is 2.27. The van der Waals surface area contributed by atoms with Crippen molar-refractivity contribution in [1.29, 1.82) is 0 Å². The Morgan fingerprint density at radius 3 is 2.36 bits per heavy atom. The summed E-state index contributed by atoms with van der Waals surface area (Å²) in [6, 6.07) is 4.66. The largest absolute Gasteiger partial charge is 1.00 e. The van der Waals surface area contributed by atoms with Crippen molar-refractivity contribution in [3.63, 3.8) is 0 Å². The van der Waals surface area contributed by atoms with Crippen LogP contribution >= 0.6 is 0 Å². The maximum Gasteiger partial charge on any atom is 1.00 e. The number of hydrogen-bond donors (Lipinski definition) is 1. The van der Waals surface area contributed by atoms with Crippen LogP contribution in [0.4, 0.5) is 0 Å². The Kier molecular flexibility index (Phi) is 6.39. The Bertz CT molecular complexity index is 329. The molecule has 1 rings (SSSR count). The molecule has 6 heteroatoms. The third-order valence-electron chi connectivity index (χ3n) is 1.56. The van der Waals surface area contributed by atoms with Crippen LogP contribution < -0.4 is 39.0 Å². The van der Waals surface area contributed by atoms with Crippen molar-refractivity contribution < 1.29 is 47.8 Å². The molecule has 0 fully saturated rings. The number of benzene rings is 1. The molecule has 1 aromatic rings. The van der Waals surface area contributed by atoms with Crippen LogP contribution in [0.25, 0.3) is 0 Å². The van der Waals surface area contributed by atoms with Crippen molar-refractivity contribution in [2.24, 2.45) is 0 Å². The van der Waals surface area contributed by atoms with Gasteiger partial charge >= 0.3 is 29.6 Å². The molecule has 0 saturated carbocycles. The van der Waals surface area contributed by atoms with Gasteiger partial charge < -0.3 is 14.0 Å². The summed E-state index contributed by atoms with van der Waals surface area (Å²) < 4.78 is 29.5. The summed E-state index contributed by atoms with van der Waals surface area (Å²) in [4.78, 5) is 0.239. The number of ether oxygens (including phenoxy) is 2. The van der Waals surface area contributed by atoms with E-state index >= 15 is 0 Å². The smallest absolute Gasteiger partial charge is 0.497 e. The first-order valence-corrected chi connectivity index (χ1v) is 4.62. The first kappa shape index (κ1) is 13.9. The summed E-state index contributed by atoms with van der Waals surface area (Å²) in [5.41, 5.74) is 0. The van der Waals surface area contributed by atoms with Gasteiger partial charge in [-0.1, -0.05) is 0 Å². The van der Waals surface area contributed by atoms with Gasteiger partial charge in [0.15, 0.2) is 11.1 Å². The van der Waals surface area contributed by atoms with Crippen LogP contribution in [0.2, 0.25) is 0 Å². The Labute approximate surface area is 107 Å². The Balaban J connectivity index is 0.00000169. The maximum absolute atomic E-state index is 10.8. The molecule has 0 bridgehead atoms. The predicted molar refractivity (Wildman–Crippen MR) is 48.6 cm³/mol. The van der Waals surface area contributed by atoms with Gasteiger partial charge in [-0.3, -0.25) is 0 Å². The van der Waals surface area contributed by atoms with E-state index in [-0.39, 0.29) is 34.5 Å². The van der Waals surface area contributed by atoms with Crippen molar-refractivity contribution in [2.45, 2.75) is 4.90 Å². The van der Waals surface area contributed by atoms with E-state index in [1.165, 1.54) is 20.3 Å². The summed E-state index contributed by atoms with van der Waals surface area (Å²) in [6.45, 7) is 0. The summed E-state index contributed by atoms with van der Waals surface area (Å²) >= 11 is -2.03. The van der Waals surface area contributed by atoms with Crippen LogP contribution in [0.1, 0.15) is 0 Å². The molecule has 0 amide bonds. The molecular formula is C8H10NaO4S+. The van der Waals surface area contributed by atoms with Crippen molar-refractivity contribution in [2.75, 3.05) is 14.2 Å². The third kappa shape index (κ3) is 3.25. The molecule has 0 saturated heterocycles. The minimum Gasteiger partial charge on any atom is -0.497 e. The molecule has 0 radical (unpaired) electrons. The molecule has 1 atom stereocenters. The van der Waals surface area contributed by atoms with Crippen LogP contribution in [0.15, 0.2) is 23.1 Å². The number of hydrogen-bond acceptors (Lipinski definition) is 3. The van der Waals surface area contributed by atoms with E-state index in [0.29, 0.717) is 11.5 Å². The van der Waals surface area contributed by atoms with Gasteiger partial charge in [-0.25, -0.2) is 4.21 Å². The van der Waals surface area contributed by atoms with E-state index in [4.69, 9.17) is 14.0 Å². The zero-order valence-electron chi connectivity index (χ0n) is 8.31. The van der Waals surface area contributed by atoms with E-state index in [2.05, 4.69) is 0 Å². The van der Waals surface area contributed by atoms with Gasteiger partial charge in [-0.15, -0.1) is 0 Å². The molecule has 1 aromatic carbocycles. The van der Waals surface area contributed by atoms with Crippen molar-refractivity contribution in [1.82, 2.24) is 0 Å². The normalized spacial score (nSPS) is 11.4. The predicted octanol–water partition coefficient (Wildman–Crippen LogP) is -1.71. The average Bonchev–Trinajstić information content (AvgIpc) is 2.16. The molecule has 4 nitrogen and oxygen atoms in total. The zero-order valence-corrected chi connectivity index (χ0v) is 11.1. The van der Waals surface area contributed by atoms with E-state index in [1.807, 2.05) is 0 Å². The quantitative estimate of drug-likeness (QED) is 0.491. The van der Waals surface area contributed by atoms with Gasteiger partial charge in [0.2, 0.25) is 0 Å². The second-order valence-corrected chi connectivity index (χ2v) is 3.20. The monoisotopic (exact) mass is 225 g/mol. The fourth-order valence-electron chi connectivity index (χ4n) is 0.919. The van der Waals surface area contributed by atoms with Crippen molar-refractivity contribution >= 4 is 11.1 Å². The molecular weight excluding hydrogens is 215 g/mol. The minimum absolute atomic E-state index is 0. The first-order valence-electron chi connectivity index (χ1n) is 3.52. The standard InChI is InChI=1S/C8H10O4S.Na/c1-11-6-3-4-8(13(9)10)7(5-6)12-2;/h3-5H,1-2H3,(H,9,10);/q;+1. The summed E-state index contributed by atoms with van der Waals surface area (Å²) in [7, 11) is 2.95. The second kappa shape index (κ2) is 6.42. The molecule has 0 spiro atoms. The topological polar surface area (TPSA) is 55.8 Å². The number of methoxy groups -OCH3 is 2. The van der Waals surface area contributed by atoms with Crippen LogP contribution in [0.3, 0.4) is 0 Å². The SMILES string of the molecule is COc1ccc(S(=O)O)c(OC)c1.[Na+]. The summed E-state index contributed by atoms with van der Waals surface area (Å²) in [6.07, 6.45) is 0. The van der Waals surface area contributed by atoms with Crippen LogP contribution in [-0.2, 0) is 11.1 Å². The number of rotatable bonds is 3. The van der Waals surface area contributed by atoms with Gasteiger partial charge in [-0.05, 0) is 12.1 Å². The fourth-order valence-corrected chi connectivity index (χ4v) is 1.42. The van der Waals surface area contributed by atoms with Crippen LogP contribution in [0.5, 0.6) is 11.5 Å². The third-order valence-corrected chi connectivity index (χ3v) is 2.27. The van der Waals surface area contributed by atoms with E-state index in [1.54, 1.807) is 12.1 Å². The maximum atomic E-state index is 10.8. The minimum atomic E-state index is -2.03. The van der Waals surface area contributed by atoms with Gasteiger partial charge in [0.1, 0.15) is 16.4 Å². The summed E-state index contributed by atoms with van der Waals surface area (Å²) in [5, 5.41) is 0. The van der Waals surface area contributed by atoms with Gasteiger partial charge in [0, 0.05) is 6.07 Å². The molecule has 0 aliphatic carbocycles. The Morgan fingerprint density at radius 2 is 1.93 bits per heavy atom. The van der Waals surface area contributed by atoms with Crippen molar-refractivity contribution in [3.05, 3.63) is 18.2 Å². The Hall–Kier alpha value is -0.0700. The molecule has 1 N–H and O–H groups in total. The molecule has 14 heavy (non-hydrogen) atoms. The molecule has 0 aliphatic heterocycles. The van der Waals surface area contributed by atoms with Gasteiger partial charge in [-0.2, -0.15) is 0 Å². The van der Waals surface area contributed by atoms with E-state index in [9.17, 15) is 4.21 Å². The zero-order chi connectivity index (χ0) is 9.84. The van der Waals surface area contributed by atoms with Crippen LogP contribution in [-0.4, -0.2) is 23.0 Å². The molecule has 0 heterocycles.